The number of oxazole rings is 1. The quantitative estimate of drug-likeness (QED) is 0.703. The number of rotatable bonds is 2. The highest BCUT2D eigenvalue weighted by atomic mass is 35.5. The molecule has 0 saturated heterocycles. The van der Waals surface area contributed by atoms with Gasteiger partial charge in [-0.05, 0) is 6.92 Å². The molecule has 0 bridgehead atoms. The molecule has 1 atom stereocenters. The Morgan fingerprint density at radius 3 is 2.57 bits per heavy atom. The number of nitrogens with zero attached hydrogens (tertiary/aromatic N) is 1. The smallest absolute Gasteiger partial charge is 0.212 e. The molecule has 2 nitrogen and oxygen atoms in total. The van der Waals surface area contributed by atoms with Crippen molar-refractivity contribution in [3.63, 3.8) is 0 Å². The highest BCUT2D eigenvalue weighted by Crippen LogP contribution is 2.25. The third-order valence-electron chi connectivity index (χ3n) is 1.92. The van der Waals surface area contributed by atoms with Crippen LogP contribution in [-0.4, -0.2) is 4.98 Å². The molecule has 1 aromatic heterocycles. The van der Waals surface area contributed by atoms with Gasteiger partial charge in [-0.1, -0.05) is 30.3 Å². The van der Waals surface area contributed by atoms with Gasteiger partial charge in [-0.25, -0.2) is 4.98 Å². The van der Waals surface area contributed by atoms with E-state index in [9.17, 15) is 0 Å². The fourth-order valence-corrected chi connectivity index (χ4v) is 1.31. The van der Waals surface area contributed by atoms with Crippen LogP contribution in [0, 0.1) is 0 Å². The first kappa shape index (κ1) is 9.28. The Labute approximate surface area is 87.5 Å². The van der Waals surface area contributed by atoms with Crippen LogP contribution in [0.15, 0.2) is 40.9 Å². The number of alkyl halides is 1. The number of halogens is 1. The van der Waals surface area contributed by atoms with E-state index >= 15 is 0 Å². The second-order valence-corrected chi connectivity index (χ2v) is 3.70. The van der Waals surface area contributed by atoms with Crippen molar-refractivity contribution in [2.75, 3.05) is 0 Å². The van der Waals surface area contributed by atoms with Crippen molar-refractivity contribution in [3.8, 4) is 11.3 Å². The lowest BCUT2D eigenvalue weighted by Crippen LogP contribution is -1.80. The van der Waals surface area contributed by atoms with Gasteiger partial charge >= 0.3 is 0 Å². The SMILES string of the molecule is CC(Cl)c1ncc(-c2ccccc2)o1. The van der Waals surface area contributed by atoms with E-state index in [0.717, 1.165) is 11.3 Å². The number of hydrogen-bond donors (Lipinski definition) is 0. The Morgan fingerprint density at radius 2 is 2.00 bits per heavy atom. The van der Waals surface area contributed by atoms with E-state index in [0.29, 0.717) is 5.89 Å². The van der Waals surface area contributed by atoms with Crippen molar-refractivity contribution >= 4 is 11.6 Å². The molecule has 0 fully saturated rings. The first-order valence-electron chi connectivity index (χ1n) is 4.42. The number of hydrogen-bond acceptors (Lipinski definition) is 2. The van der Waals surface area contributed by atoms with Gasteiger partial charge in [0.15, 0.2) is 5.76 Å². The summed E-state index contributed by atoms with van der Waals surface area (Å²) in [5.41, 5.74) is 1.02. The van der Waals surface area contributed by atoms with Crippen molar-refractivity contribution in [1.29, 1.82) is 0 Å². The van der Waals surface area contributed by atoms with E-state index < -0.39 is 0 Å². The zero-order valence-corrected chi connectivity index (χ0v) is 8.53. The molecule has 2 rings (SSSR count). The fourth-order valence-electron chi connectivity index (χ4n) is 1.21. The van der Waals surface area contributed by atoms with Crippen LogP contribution in [0.1, 0.15) is 18.2 Å². The van der Waals surface area contributed by atoms with Crippen molar-refractivity contribution in [3.05, 3.63) is 42.4 Å². The van der Waals surface area contributed by atoms with Crippen LogP contribution in [0.3, 0.4) is 0 Å². The van der Waals surface area contributed by atoms with Gasteiger partial charge in [0.2, 0.25) is 5.89 Å². The van der Waals surface area contributed by atoms with E-state index in [1.807, 2.05) is 37.3 Å². The molecule has 0 N–H and O–H groups in total. The minimum Gasteiger partial charge on any atom is -0.439 e. The minimum absolute atomic E-state index is 0.188. The molecular weight excluding hydrogens is 198 g/mol. The summed E-state index contributed by atoms with van der Waals surface area (Å²) in [5.74, 6) is 1.32. The van der Waals surface area contributed by atoms with Crippen LogP contribution in [-0.2, 0) is 0 Å². The highest BCUT2D eigenvalue weighted by Gasteiger charge is 2.09. The summed E-state index contributed by atoms with van der Waals surface area (Å²) in [6.45, 7) is 1.84. The summed E-state index contributed by atoms with van der Waals surface area (Å²) < 4.78 is 5.49. The second-order valence-electron chi connectivity index (χ2n) is 3.04. The second kappa shape index (κ2) is 3.84. The topological polar surface area (TPSA) is 26.0 Å². The lowest BCUT2D eigenvalue weighted by Gasteiger charge is -1.95. The normalized spacial score (nSPS) is 12.7. The summed E-state index contributed by atoms with van der Waals surface area (Å²) in [7, 11) is 0. The lowest BCUT2D eigenvalue weighted by atomic mass is 10.2. The van der Waals surface area contributed by atoms with E-state index in [1.54, 1.807) is 6.20 Å². The van der Waals surface area contributed by atoms with Crippen molar-refractivity contribution in [2.45, 2.75) is 12.3 Å². The maximum Gasteiger partial charge on any atom is 0.212 e. The van der Waals surface area contributed by atoms with E-state index in [1.165, 1.54) is 0 Å². The Kier molecular flexibility index (Phi) is 2.55. The number of benzene rings is 1. The third-order valence-corrected chi connectivity index (χ3v) is 2.11. The highest BCUT2D eigenvalue weighted by molar-refractivity contribution is 6.20. The molecule has 1 unspecified atom stereocenters. The molecule has 0 aliphatic carbocycles. The molecule has 14 heavy (non-hydrogen) atoms. The van der Waals surface area contributed by atoms with Crippen molar-refractivity contribution in [2.24, 2.45) is 0 Å². The predicted molar refractivity (Wildman–Crippen MR) is 56.2 cm³/mol. The molecule has 72 valence electrons. The average Bonchev–Trinajstić information content (AvgIpc) is 2.68. The lowest BCUT2D eigenvalue weighted by molar-refractivity contribution is 0.508. The van der Waals surface area contributed by atoms with Gasteiger partial charge in [-0.2, -0.15) is 0 Å². The van der Waals surface area contributed by atoms with E-state index in [-0.39, 0.29) is 5.38 Å². The fraction of sp³-hybridized carbons (Fsp3) is 0.182. The third kappa shape index (κ3) is 1.80. The monoisotopic (exact) mass is 207 g/mol. The number of aromatic nitrogens is 1. The molecule has 0 amide bonds. The van der Waals surface area contributed by atoms with Crippen molar-refractivity contribution in [1.82, 2.24) is 4.98 Å². The molecule has 0 aliphatic heterocycles. The van der Waals surface area contributed by atoms with Gasteiger partial charge in [0.1, 0.15) is 5.38 Å². The van der Waals surface area contributed by atoms with Gasteiger partial charge in [0.25, 0.3) is 0 Å². The summed E-state index contributed by atoms with van der Waals surface area (Å²) in [4.78, 5) is 4.09. The molecule has 3 heteroatoms. The molecule has 0 radical (unpaired) electrons. The Hall–Kier alpha value is -1.28. The molecular formula is C11H10ClNO. The Bertz CT molecular complexity index is 408. The van der Waals surface area contributed by atoms with Crippen LogP contribution < -0.4 is 0 Å². The van der Waals surface area contributed by atoms with Gasteiger partial charge in [0, 0.05) is 5.56 Å². The molecule has 0 spiro atoms. The maximum atomic E-state index is 5.85. The van der Waals surface area contributed by atoms with Crippen LogP contribution in [0.25, 0.3) is 11.3 Å². The largest absolute Gasteiger partial charge is 0.439 e. The Morgan fingerprint density at radius 1 is 1.29 bits per heavy atom. The van der Waals surface area contributed by atoms with Gasteiger partial charge in [-0.15, -0.1) is 11.6 Å². The maximum absolute atomic E-state index is 5.85. The summed E-state index contributed by atoms with van der Waals surface area (Å²) in [6.07, 6.45) is 1.70. The molecule has 1 heterocycles. The molecule has 1 aromatic carbocycles. The predicted octanol–water partition coefficient (Wildman–Crippen LogP) is 3.64. The summed E-state index contributed by atoms with van der Waals surface area (Å²) in [5, 5.41) is -0.188. The summed E-state index contributed by atoms with van der Waals surface area (Å²) >= 11 is 5.85. The van der Waals surface area contributed by atoms with Gasteiger partial charge in [0.05, 0.1) is 6.20 Å². The van der Waals surface area contributed by atoms with Crippen LogP contribution in [0.4, 0.5) is 0 Å². The van der Waals surface area contributed by atoms with Gasteiger partial charge < -0.3 is 4.42 Å². The average molecular weight is 208 g/mol. The van der Waals surface area contributed by atoms with E-state index in [4.69, 9.17) is 16.0 Å². The molecule has 0 aliphatic rings. The molecule has 0 saturated carbocycles. The first-order valence-corrected chi connectivity index (χ1v) is 4.86. The van der Waals surface area contributed by atoms with Crippen LogP contribution in [0.2, 0.25) is 0 Å². The molecule has 2 aromatic rings. The van der Waals surface area contributed by atoms with Gasteiger partial charge in [-0.3, -0.25) is 0 Å². The van der Waals surface area contributed by atoms with E-state index in [2.05, 4.69) is 4.98 Å². The van der Waals surface area contributed by atoms with Crippen LogP contribution in [0.5, 0.6) is 0 Å². The summed E-state index contributed by atoms with van der Waals surface area (Å²) in [6, 6.07) is 9.83. The standard InChI is InChI=1S/C11H10ClNO/c1-8(12)11-13-7-10(14-11)9-5-3-2-4-6-9/h2-8H,1H3. The van der Waals surface area contributed by atoms with Crippen LogP contribution >= 0.6 is 11.6 Å². The van der Waals surface area contributed by atoms with Crippen molar-refractivity contribution < 1.29 is 4.42 Å². The zero-order chi connectivity index (χ0) is 9.97. The first-order chi connectivity index (χ1) is 6.77. The Balaban J connectivity index is 2.34. The zero-order valence-electron chi connectivity index (χ0n) is 7.77. The minimum atomic E-state index is -0.188.